The molecular weight excluding hydrogens is 584 g/mol. The van der Waals surface area contributed by atoms with E-state index in [0.717, 1.165) is 31.2 Å². The lowest BCUT2D eigenvalue weighted by atomic mass is 9.81. The van der Waals surface area contributed by atoms with Gasteiger partial charge in [-0.3, -0.25) is 14.4 Å². The maximum absolute atomic E-state index is 13.5. The van der Waals surface area contributed by atoms with Crippen LogP contribution >= 0.6 is 11.6 Å². The van der Waals surface area contributed by atoms with Crippen molar-refractivity contribution in [3.8, 4) is 0 Å². The zero-order valence-corrected chi connectivity index (χ0v) is 27.1. The second-order valence-electron chi connectivity index (χ2n) is 14.0. The largest absolute Gasteiger partial charge is 0.445 e. The van der Waals surface area contributed by atoms with E-state index in [1.807, 2.05) is 25.7 Å². The Labute approximate surface area is 266 Å². The summed E-state index contributed by atoms with van der Waals surface area (Å²) in [6, 6.07) is 5.56. The van der Waals surface area contributed by atoms with E-state index >= 15 is 0 Å². The number of hydrogen-bond donors (Lipinski definition) is 4. The first-order valence-electron chi connectivity index (χ1n) is 16.1. The number of carbonyl (C=O) groups excluding carboxylic acids is 4. The molecule has 3 atom stereocenters. The Balaban J connectivity index is 1.33. The van der Waals surface area contributed by atoms with E-state index in [4.69, 9.17) is 16.3 Å². The average molecular weight is 633 g/mol. The minimum atomic E-state index is -0.826. The zero-order valence-electron chi connectivity index (χ0n) is 26.3. The smallest absolute Gasteiger partial charge is 0.408 e. The fourth-order valence-corrected chi connectivity index (χ4v) is 7.09. The summed E-state index contributed by atoms with van der Waals surface area (Å²) >= 11 is 6.03. The van der Waals surface area contributed by atoms with Crippen molar-refractivity contribution in [1.82, 2.24) is 20.9 Å². The number of carbonyl (C=O) groups is 4. The summed E-state index contributed by atoms with van der Waals surface area (Å²) < 4.78 is 5.39. The number of nitrogens with one attached hydrogen (secondary N) is 3. The topological polar surface area (TPSA) is 137 Å². The van der Waals surface area contributed by atoms with Gasteiger partial charge in [0.15, 0.2) is 0 Å². The minimum absolute atomic E-state index is 0.0179. The highest BCUT2D eigenvalue weighted by molar-refractivity contribution is 6.30. The first kappa shape index (κ1) is 34.0. The molecular formula is C33H49ClN4O6. The van der Waals surface area contributed by atoms with Gasteiger partial charge in [-0.15, -0.1) is 0 Å². The van der Waals surface area contributed by atoms with Gasteiger partial charge in [-0.05, 0) is 55.7 Å². The van der Waals surface area contributed by atoms with Crippen LogP contribution in [-0.4, -0.2) is 71.1 Å². The quantitative estimate of drug-likeness (QED) is 0.303. The summed E-state index contributed by atoms with van der Waals surface area (Å²) in [7, 11) is 0. The van der Waals surface area contributed by atoms with Crippen LogP contribution in [0.15, 0.2) is 24.3 Å². The highest BCUT2D eigenvalue weighted by Gasteiger charge is 2.47. The zero-order chi connectivity index (χ0) is 31.9. The maximum atomic E-state index is 13.5. The average Bonchev–Trinajstić information content (AvgIpc) is 3.29. The predicted octanol–water partition coefficient (Wildman–Crippen LogP) is 4.32. The molecule has 1 aromatic carbocycles. The van der Waals surface area contributed by atoms with E-state index < -0.39 is 29.5 Å². The molecule has 1 spiro atoms. The lowest BCUT2D eigenvalue weighted by Crippen LogP contribution is -2.53. The Hall–Kier alpha value is -2.85. The van der Waals surface area contributed by atoms with Crippen LogP contribution in [0, 0.1) is 17.3 Å². The van der Waals surface area contributed by atoms with Crippen LogP contribution in [-0.2, 0) is 25.7 Å². The number of piperidine rings is 1. The molecule has 0 radical (unpaired) electrons. The van der Waals surface area contributed by atoms with Gasteiger partial charge in [0, 0.05) is 35.0 Å². The van der Waals surface area contributed by atoms with Crippen LogP contribution in [0.2, 0.25) is 5.02 Å². The second-order valence-corrected chi connectivity index (χ2v) is 14.4. The van der Waals surface area contributed by atoms with Gasteiger partial charge in [-0.25, -0.2) is 4.79 Å². The molecule has 1 saturated carbocycles. The molecule has 4 N–H and O–H groups in total. The Morgan fingerprint density at radius 3 is 2.45 bits per heavy atom. The van der Waals surface area contributed by atoms with Crippen molar-refractivity contribution < 1.29 is 29.0 Å². The maximum Gasteiger partial charge on any atom is 0.408 e. The molecule has 3 fully saturated rings. The first-order valence-corrected chi connectivity index (χ1v) is 16.5. The molecule has 0 bridgehead atoms. The minimum Gasteiger partial charge on any atom is -0.445 e. The van der Waals surface area contributed by atoms with E-state index in [0.29, 0.717) is 49.7 Å². The molecule has 44 heavy (non-hydrogen) atoms. The van der Waals surface area contributed by atoms with Crippen molar-refractivity contribution >= 4 is 35.4 Å². The second kappa shape index (κ2) is 15.0. The van der Waals surface area contributed by atoms with E-state index in [9.17, 15) is 24.3 Å². The fourth-order valence-electron chi connectivity index (χ4n) is 6.88. The highest BCUT2D eigenvalue weighted by Crippen LogP contribution is 2.37. The normalized spacial score (nSPS) is 21.8. The molecule has 4 rings (SSSR count). The molecule has 3 aliphatic rings. The third-order valence-corrected chi connectivity index (χ3v) is 9.58. The number of hydrogen-bond acceptors (Lipinski definition) is 6. The summed E-state index contributed by atoms with van der Waals surface area (Å²) in [6.07, 6.45) is 7.37. The van der Waals surface area contributed by atoms with Gasteiger partial charge >= 0.3 is 6.09 Å². The van der Waals surface area contributed by atoms with Crippen LogP contribution in [0.25, 0.3) is 0 Å². The Morgan fingerprint density at radius 2 is 1.82 bits per heavy atom. The lowest BCUT2D eigenvalue weighted by Gasteiger charge is -2.41. The number of ether oxygens (including phenoxy) is 1. The Bertz CT molecular complexity index is 1170. The first-order chi connectivity index (χ1) is 20.9. The summed E-state index contributed by atoms with van der Waals surface area (Å²) in [5, 5.41) is 19.6. The SMILES string of the molecule is CC(C)(C)C(=O)N1CCC2(CC1)CC(CC(CO)NC(=O)[C@H](CC1CCCCC1)NC(=O)OCc1cccc(Cl)c1)C(=O)N2. The summed E-state index contributed by atoms with van der Waals surface area (Å²) in [6.45, 7) is 6.60. The van der Waals surface area contributed by atoms with Gasteiger partial charge in [0.2, 0.25) is 17.7 Å². The van der Waals surface area contributed by atoms with Gasteiger partial charge in [-0.1, -0.05) is 76.6 Å². The number of amides is 4. The molecule has 244 valence electrons. The van der Waals surface area contributed by atoms with E-state index in [1.54, 1.807) is 24.3 Å². The van der Waals surface area contributed by atoms with Crippen molar-refractivity contribution in [3.63, 3.8) is 0 Å². The van der Waals surface area contributed by atoms with Gasteiger partial charge in [0.25, 0.3) is 0 Å². The monoisotopic (exact) mass is 632 g/mol. The van der Waals surface area contributed by atoms with Crippen LogP contribution in [0.3, 0.4) is 0 Å². The van der Waals surface area contributed by atoms with Crippen molar-refractivity contribution in [2.75, 3.05) is 19.7 Å². The third-order valence-electron chi connectivity index (χ3n) is 9.34. The van der Waals surface area contributed by atoms with Gasteiger partial charge in [0.1, 0.15) is 12.6 Å². The molecule has 2 heterocycles. The Morgan fingerprint density at radius 1 is 1.11 bits per heavy atom. The summed E-state index contributed by atoms with van der Waals surface area (Å²) in [5.74, 6) is -0.436. The molecule has 0 aromatic heterocycles. The van der Waals surface area contributed by atoms with Crippen molar-refractivity contribution in [1.29, 1.82) is 0 Å². The number of halogens is 1. The lowest BCUT2D eigenvalue weighted by molar-refractivity contribution is -0.141. The molecule has 4 amide bonds. The fraction of sp³-hybridized carbons (Fsp3) is 0.697. The number of likely N-dealkylation sites (tertiary alicyclic amines) is 1. The van der Waals surface area contributed by atoms with Gasteiger partial charge in [-0.2, -0.15) is 0 Å². The molecule has 11 heteroatoms. The number of benzene rings is 1. The summed E-state index contributed by atoms with van der Waals surface area (Å²) in [5.41, 5.74) is -0.0896. The molecule has 1 aromatic rings. The van der Waals surface area contributed by atoms with Crippen molar-refractivity contribution in [2.24, 2.45) is 17.3 Å². The molecule has 2 unspecified atom stereocenters. The molecule has 1 aliphatic carbocycles. The molecule has 10 nitrogen and oxygen atoms in total. The predicted molar refractivity (Wildman–Crippen MR) is 168 cm³/mol. The van der Waals surface area contributed by atoms with Crippen molar-refractivity contribution in [2.45, 2.75) is 109 Å². The van der Waals surface area contributed by atoms with E-state index in [1.165, 1.54) is 6.42 Å². The number of alkyl carbamates (subject to hydrolysis) is 1. The third kappa shape index (κ3) is 9.33. The number of aliphatic hydroxyl groups excluding tert-OH is 1. The van der Waals surface area contributed by atoms with Crippen LogP contribution in [0.5, 0.6) is 0 Å². The number of rotatable bonds is 10. The standard InChI is InChI=1S/C33H49ClN4O6/c1-32(2,3)30(42)38-14-12-33(13-15-38)19-24(28(40)37-33)18-26(20-39)35-29(41)27(17-22-8-5-4-6-9-22)36-31(43)44-21-23-10-7-11-25(34)16-23/h7,10-11,16,22,24,26-27,39H,4-6,8-9,12-15,17-21H2,1-3H3,(H,35,41)(H,36,43)(H,37,40)/t24?,26?,27-/m0/s1. The van der Waals surface area contributed by atoms with Crippen LogP contribution < -0.4 is 16.0 Å². The van der Waals surface area contributed by atoms with Crippen molar-refractivity contribution in [3.05, 3.63) is 34.9 Å². The molecule has 2 aliphatic heterocycles. The number of nitrogens with zero attached hydrogens (tertiary/aromatic N) is 1. The molecule has 2 saturated heterocycles. The van der Waals surface area contributed by atoms with Crippen LogP contribution in [0.1, 0.15) is 90.5 Å². The van der Waals surface area contributed by atoms with Gasteiger partial charge < -0.3 is 30.7 Å². The number of aliphatic hydroxyl groups is 1. The Kier molecular flexibility index (Phi) is 11.6. The van der Waals surface area contributed by atoms with E-state index in [-0.39, 0.29) is 42.9 Å². The van der Waals surface area contributed by atoms with Gasteiger partial charge in [0.05, 0.1) is 12.6 Å². The van der Waals surface area contributed by atoms with E-state index in [2.05, 4.69) is 16.0 Å². The van der Waals surface area contributed by atoms with Crippen LogP contribution in [0.4, 0.5) is 4.79 Å². The highest BCUT2D eigenvalue weighted by atomic mass is 35.5. The summed E-state index contributed by atoms with van der Waals surface area (Å²) in [4.78, 5) is 53.9.